The second kappa shape index (κ2) is 5.87. The number of hydrogen-bond donors (Lipinski definition) is 0. The number of fused-ring (bicyclic) bond motifs is 1. The van der Waals surface area contributed by atoms with Crippen molar-refractivity contribution in [1.82, 2.24) is 0 Å². The van der Waals surface area contributed by atoms with Crippen LogP contribution in [-0.2, 0) is 6.61 Å². The smallest absolute Gasteiger partial charge is 0.138 e. The molecule has 0 spiro atoms. The van der Waals surface area contributed by atoms with Gasteiger partial charge in [-0.25, -0.2) is 0 Å². The van der Waals surface area contributed by atoms with Crippen LogP contribution >= 0.6 is 11.6 Å². The van der Waals surface area contributed by atoms with Crippen LogP contribution in [0.5, 0.6) is 5.75 Å². The molecular weight excluding hydrogens is 282 g/mol. The highest BCUT2D eigenvalue weighted by Crippen LogP contribution is 2.27. The number of benzene rings is 3. The molecule has 0 N–H and O–H groups in total. The maximum atomic E-state index is 8.83. The van der Waals surface area contributed by atoms with Crippen molar-refractivity contribution in [1.29, 1.82) is 5.26 Å². The zero-order valence-electron chi connectivity index (χ0n) is 11.2. The Kier molecular flexibility index (Phi) is 3.77. The van der Waals surface area contributed by atoms with Crippen LogP contribution in [-0.4, -0.2) is 0 Å². The lowest BCUT2D eigenvalue weighted by molar-refractivity contribution is 0.308. The van der Waals surface area contributed by atoms with Gasteiger partial charge in [-0.2, -0.15) is 5.26 Å². The highest BCUT2D eigenvalue weighted by Gasteiger charge is 2.05. The molecule has 0 aromatic heterocycles. The molecule has 0 radical (unpaired) electrons. The largest absolute Gasteiger partial charge is 0.487 e. The first-order valence-electron chi connectivity index (χ1n) is 6.57. The molecule has 0 amide bonds. The SMILES string of the molecule is N#Cc1ccc(OCc2cccc3ccccc23)c(Cl)c1. The Morgan fingerprint density at radius 1 is 1.00 bits per heavy atom. The van der Waals surface area contributed by atoms with Crippen LogP contribution in [0.1, 0.15) is 11.1 Å². The molecule has 0 saturated heterocycles. The minimum absolute atomic E-state index is 0.437. The number of halogens is 1. The van der Waals surface area contributed by atoms with Gasteiger partial charge < -0.3 is 4.74 Å². The Hall–Kier alpha value is -2.50. The highest BCUT2D eigenvalue weighted by atomic mass is 35.5. The van der Waals surface area contributed by atoms with Crippen molar-refractivity contribution in [2.24, 2.45) is 0 Å². The van der Waals surface area contributed by atoms with Gasteiger partial charge in [-0.05, 0) is 34.5 Å². The summed E-state index contributed by atoms with van der Waals surface area (Å²) in [5.41, 5.74) is 1.63. The van der Waals surface area contributed by atoms with Gasteiger partial charge in [0, 0.05) is 0 Å². The van der Waals surface area contributed by atoms with Crippen molar-refractivity contribution in [3.63, 3.8) is 0 Å². The van der Waals surface area contributed by atoms with Crippen LogP contribution in [0.15, 0.2) is 60.7 Å². The summed E-state index contributed by atoms with van der Waals surface area (Å²) < 4.78 is 5.79. The van der Waals surface area contributed by atoms with Crippen molar-refractivity contribution in [2.45, 2.75) is 6.61 Å². The zero-order valence-corrected chi connectivity index (χ0v) is 12.0. The van der Waals surface area contributed by atoms with E-state index in [9.17, 15) is 0 Å². The van der Waals surface area contributed by atoms with E-state index in [-0.39, 0.29) is 0 Å². The Balaban J connectivity index is 1.86. The monoisotopic (exact) mass is 293 g/mol. The number of ether oxygens (including phenoxy) is 1. The Morgan fingerprint density at radius 3 is 2.62 bits per heavy atom. The molecule has 0 saturated carbocycles. The first-order valence-corrected chi connectivity index (χ1v) is 6.95. The molecule has 0 aliphatic heterocycles. The molecule has 3 aromatic carbocycles. The summed E-state index contributed by atoms with van der Waals surface area (Å²) in [6, 6.07) is 21.4. The molecule has 3 heteroatoms. The van der Waals surface area contributed by atoms with E-state index >= 15 is 0 Å². The lowest BCUT2D eigenvalue weighted by Crippen LogP contribution is -1.97. The van der Waals surface area contributed by atoms with Crippen LogP contribution in [0.2, 0.25) is 5.02 Å². The van der Waals surface area contributed by atoms with Crippen molar-refractivity contribution in [3.05, 3.63) is 76.8 Å². The summed E-state index contributed by atoms with van der Waals surface area (Å²) in [6.45, 7) is 0.437. The number of hydrogen-bond acceptors (Lipinski definition) is 2. The van der Waals surface area contributed by atoms with Crippen LogP contribution in [0, 0.1) is 11.3 Å². The van der Waals surface area contributed by atoms with E-state index in [2.05, 4.69) is 24.3 Å². The van der Waals surface area contributed by atoms with Gasteiger partial charge in [0.05, 0.1) is 16.7 Å². The minimum atomic E-state index is 0.437. The second-order valence-electron chi connectivity index (χ2n) is 4.68. The summed E-state index contributed by atoms with van der Waals surface area (Å²) in [4.78, 5) is 0. The molecule has 0 unspecified atom stereocenters. The lowest BCUT2D eigenvalue weighted by atomic mass is 10.1. The molecule has 102 valence electrons. The molecule has 0 fully saturated rings. The molecule has 0 bridgehead atoms. The quantitative estimate of drug-likeness (QED) is 0.685. The topological polar surface area (TPSA) is 33.0 Å². The van der Waals surface area contributed by atoms with E-state index in [4.69, 9.17) is 21.6 Å². The summed E-state index contributed by atoms with van der Waals surface area (Å²) in [7, 11) is 0. The summed E-state index contributed by atoms with van der Waals surface area (Å²) >= 11 is 6.12. The summed E-state index contributed by atoms with van der Waals surface area (Å²) in [5.74, 6) is 0.587. The third-order valence-corrected chi connectivity index (χ3v) is 3.62. The summed E-state index contributed by atoms with van der Waals surface area (Å²) in [6.07, 6.45) is 0. The fourth-order valence-electron chi connectivity index (χ4n) is 2.26. The maximum absolute atomic E-state index is 8.83. The minimum Gasteiger partial charge on any atom is -0.487 e. The Bertz CT molecular complexity index is 831. The molecule has 2 nitrogen and oxygen atoms in total. The van der Waals surface area contributed by atoms with E-state index < -0.39 is 0 Å². The molecule has 0 aliphatic rings. The van der Waals surface area contributed by atoms with Gasteiger partial charge in [-0.1, -0.05) is 54.1 Å². The zero-order chi connectivity index (χ0) is 14.7. The lowest BCUT2D eigenvalue weighted by Gasteiger charge is -2.10. The Labute approximate surface area is 128 Å². The first-order chi connectivity index (χ1) is 10.3. The predicted molar refractivity (Wildman–Crippen MR) is 84.4 cm³/mol. The molecular formula is C18H12ClNO. The van der Waals surface area contributed by atoms with Crippen LogP contribution < -0.4 is 4.74 Å². The van der Waals surface area contributed by atoms with Crippen LogP contribution in [0.4, 0.5) is 0 Å². The van der Waals surface area contributed by atoms with Crippen molar-refractivity contribution in [3.8, 4) is 11.8 Å². The van der Waals surface area contributed by atoms with Gasteiger partial charge in [0.15, 0.2) is 0 Å². The fourth-order valence-corrected chi connectivity index (χ4v) is 2.50. The molecule has 0 aliphatic carbocycles. The van der Waals surface area contributed by atoms with Crippen molar-refractivity contribution < 1.29 is 4.74 Å². The van der Waals surface area contributed by atoms with Gasteiger partial charge in [-0.3, -0.25) is 0 Å². The number of rotatable bonds is 3. The van der Waals surface area contributed by atoms with E-state index in [1.807, 2.05) is 24.3 Å². The van der Waals surface area contributed by atoms with Gasteiger partial charge >= 0.3 is 0 Å². The predicted octanol–water partition coefficient (Wildman–Crippen LogP) is 4.94. The van der Waals surface area contributed by atoms with Gasteiger partial charge in [0.25, 0.3) is 0 Å². The molecule has 3 rings (SSSR count). The number of nitriles is 1. The molecule has 21 heavy (non-hydrogen) atoms. The Morgan fingerprint density at radius 2 is 1.81 bits per heavy atom. The highest BCUT2D eigenvalue weighted by molar-refractivity contribution is 6.32. The second-order valence-corrected chi connectivity index (χ2v) is 5.09. The van der Waals surface area contributed by atoms with E-state index in [0.29, 0.717) is 22.9 Å². The van der Waals surface area contributed by atoms with Gasteiger partial charge in [0.1, 0.15) is 12.4 Å². The fraction of sp³-hybridized carbons (Fsp3) is 0.0556. The van der Waals surface area contributed by atoms with E-state index in [1.54, 1.807) is 18.2 Å². The normalized spacial score (nSPS) is 10.3. The third kappa shape index (κ3) is 2.84. The van der Waals surface area contributed by atoms with Gasteiger partial charge in [-0.15, -0.1) is 0 Å². The van der Waals surface area contributed by atoms with E-state index in [1.165, 1.54) is 10.8 Å². The van der Waals surface area contributed by atoms with Crippen molar-refractivity contribution >= 4 is 22.4 Å². The first kappa shape index (κ1) is 13.5. The molecule has 3 aromatic rings. The third-order valence-electron chi connectivity index (χ3n) is 3.32. The molecule has 0 heterocycles. The van der Waals surface area contributed by atoms with E-state index in [0.717, 1.165) is 5.56 Å². The van der Waals surface area contributed by atoms with Crippen LogP contribution in [0.25, 0.3) is 10.8 Å². The summed E-state index contributed by atoms with van der Waals surface area (Å²) in [5, 5.41) is 11.6. The number of nitrogens with zero attached hydrogens (tertiary/aromatic N) is 1. The van der Waals surface area contributed by atoms with Crippen LogP contribution in [0.3, 0.4) is 0 Å². The van der Waals surface area contributed by atoms with Crippen molar-refractivity contribution in [2.75, 3.05) is 0 Å². The molecule has 0 atom stereocenters. The standard InChI is InChI=1S/C18H12ClNO/c19-17-10-13(11-20)8-9-18(17)21-12-15-6-3-5-14-4-1-2-7-16(14)15/h1-10H,12H2. The maximum Gasteiger partial charge on any atom is 0.138 e. The van der Waals surface area contributed by atoms with Gasteiger partial charge in [0.2, 0.25) is 0 Å². The average molecular weight is 294 g/mol. The average Bonchev–Trinajstić information content (AvgIpc) is 2.53.